The van der Waals surface area contributed by atoms with Gasteiger partial charge in [0.15, 0.2) is 6.61 Å². The zero-order valence-corrected chi connectivity index (χ0v) is 15.8. The van der Waals surface area contributed by atoms with Crippen molar-refractivity contribution < 1.29 is 23.5 Å². The van der Waals surface area contributed by atoms with Crippen LogP contribution < -0.4 is 10.6 Å². The van der Waals surface area contributed by atoms with Crippen molar-refractivity contribution in [3.63, 3.8) is 0 Å². The summed E-state index contributed by atoms with van der Waals surface area (Å²) >= 11 is 1.30. The van der Waals surface area contributed by atoms with Gasteiger partial charge in [0, 0.05) is 11.4 Å². The third-order valence-corrected chi connectivity index (χ3v) is 5.35. The molecule has 1 heterocycles. The number of rotatable bonds is 7. The Bertz CT molecular complexity index is 873. The first-order valence-electron chi connectivity index (χ1n) is 8.74. The Morgan fingerprint density at radius 3 is 2.68 bits per heavy atom. The lowest BCUT2D eigenvalue weighted by molar-refractivity contribution is -0.149. The normalized spacial score (nSPS) is 15.3. The van der Waals surface area contributed by atoms with Crippen LogP contribution >= 0.6 is 11.8 Å². The van der Waals surface area contributed by atoms with Crippen LogP contribution in [0.25, 0.3) is 0 Å². The lowest BCUT2D eigenvalue weighted by Gasteiger charge is -2.23. The first-order chi connectivity index (χ1) is 13.5. The van der Waals surface area contributed by atoms with Crippen molar-refractivity contribution >= 4 is 35.2 Å². The van der Waals surface area contributed by atoms with Crippen molar-refractivity contribution in [2.45, 2.75) is 23.0 Å². The van der Waals surface area contributed by atoms with Crippen LogP contribution in [0.1, 0.15) is 12.0 Å². The average molecular weight is 402 g/mol. The third kappa shape index (κ3) is 5.56. The molecule has 2 amide bonds. The Balaban J connectivity index is 1.37. The van der Waals surface area contributed by atoms with Gasteiger partial charge in [-0.15, -0.1) is 11.8 Å². The number of hydrogen-bond donors (Lipinski definition) is 2. The van der Waals surface area contributed by atoms with E-state index >= 15 is 0 Å². The molecule has 0 bridgehead atoms. The fourth-order valence-electron chi connectivity index (χ4n) is 2.63. The van der Waals surface area contributed by atoms with Gasteiger partial charge >= 0.3 is 5.97 Å². The Morgan fingerprint density at radius 1 is 1.14 bits per heavy atom. The molecule has 1 aliphatic rings. The standard InChI is InChI=1S/C20H19FN2O4S/c21-14-7-5-13(6-8-14)9-10-22-18(24)12-27-19(25)11-17-20(26)23-15-3-1-2-4-16(15)28-17/h1-8,17H,9-12H2,(H,22,24)(H,23,26)/t17-/m1/s1. The molecule has 28 heavy (non-hydrogen) atoms. The third-order valence-electron chi connectivity index (χ3n) is 4.07. The minimum Gasteiger partial charge on any atom is -0.456 e. The Morgan fingerprint density at radius 2 is 1.89 bits per heavy atom. The van der Waals surface area contributed by atoms with E-state index in [0.29, 0.717) is 13.0 Å². The molecule has 0 fully saturated rings. The number of amides is 2. The number of esters is 1. The van der Waals surface area contributed by atoms with E-state index in [1.807, 2.05) is 18.2 Å². The van der Waals surface area contributed by atoms with E-state index in [9.17, 15) is 18.8 Å². The maximum atomic E-state index is 12.8. The number of ether oxygens (including phenoxy) is 1. The number of hydrogen-bond acceptors (Lipinski definition) is 5. The zero-order chi connectivity index (χ0) is 19.9. The molecular formula is C20H19FN2O4S. The summed E-state index contributed by atoms with van der Waals surface area (Å²) in [5.41, 5.74) is 1.61. The smallest absolute Gasteiger partial charge is 0.307 e. The quantitative estimate of drug-likeness (QED) is 0.696. The van der Waals surface area contributed by atoms with E-state index in [4.69, 9.17) is 4.74 Å². The molecule has 0 unspecified atom stereocenters. The number of nitrogens with one attached hydrogen (secondary N) is 2. The number of carbonyl (C=O) groups excluding carboxylic acids is 3. The number of anilines is 1. The van der Waals surface area contributed by atoms with Crippen LogP contribution in [0, 0.1) is 5.82 Å². The van der Waals surface area contributed by atoms with Crippen LogP contribution in [0.4, 0.5) is 10.1 Å². The molecule has 0 saturated heterocycles. The van der Waals surface area contributed by atoms with Crippen molar-refractivity contribution in [2.24, 2.45) is 0 Å². The van der Waals surface area contributed by atoms with E-state index in [1.165, 1.54) is 23.9 Å². The molecule has 8 heteroatoms. The van der Waals surface area contributed by atoms with Gasteiger partial charge in [0.25, 0.3) is 5.91 Å². The average Bonchev–Trinajstić information content (AvgIpc) is 2.68. The van der Waals surface area contributed by atoms with Crippen molar-refractivity contribution in [2.75, 3.05) is 18.5 Å². The van der Waals surface area contributed by atoms with Crippen LogP contribution in [-0.2, 0) is 25.5 Å². The monoisotopic (exact) mass is 402 g/mol. The summed E-state index contributed by atoms with van der Waals surface area (Å²) in [4.78, 5) is 36.7. The van der Waals surface area contributed by atoms with Crippen LogP contribution in [-0.4, -0.2) is 36.2 Å². The van der Waals surface area contributed by atoms with Gasteiger partial charge in [-0.2, -0.15) is 0 Å². The molecular weight excluding hydrogens is 383 g/mol. The van der Waals surface area contributed by atoms with Gasteiger partial charge in [-0.25, -0.2) is 4.39 Å². The highest BCUT2D eigenvalue weighted by molar-refractivity contribution is 8.01. The molecule has 1 atom stereocenters. The predicted octanol–water partition coefficient (Wildman–Crippen LogP) is 2.53. The highest BCUT2D eigenvalue weighted by Crippen LogP contribution is 2.36. The Hall–Kier alpha value is -2.87. The van der Waals surface area contributed by atoms with Crippen molar-refractivity contribution in [1.82, 2.24) is 5.32 Å². The summed E-state index contributed by atoms with van der Waals surface area (Å²) in [5, 5.41) is 4.80. The van der Waals surface area contributed by atoms with Gasteiger partial charge in [0.2, 0.25) is 5.91 Å². The fraction of sp³-hybridized carbons (Fsp3) is 0.250. The maximum Gasteiger partial charge on any atom is 0.307 e. The molecule has 6 nitrogen and oxygen atoms in total. The van der Waals surface area contributed by atoms with Gasteiger partial charge in [-0.3, -0.25) is 14.4 Å². The summed E-state index contributed by atoms with van der Waals surface area (Å²) in [7, 11) is 0. The largest absolute Gasteiger partial charge is 0.456 e. The molecule has 0 spiro atoms. The van der Waals surface area contributed by atoms with Crippen LogP contribution in [0.2, 0.25) is 0 Å². The van der Waals surface area contributed by atoms with Crippen LogP contribution in [0.15, 0.2) is 53.4 Å². The van der Waals surface area contributed by atoms with Gasteiger partial charge in [0.05, 0.1) is 17.4 Å². The van der Waals surface area contributed by atoms with E-state index in [-0.39, 0.29) is 18.1 Å². The molecule has 2 aromatic carbocycles. The van der Waals surface area contributed by atoms with Gasteiger partial charge in [-0.05, 0) is 36.2 Å². The predicted molar refractivity (Wildman–Crippen MR) is 103 cm³/mol. The van der Waals surface area contributed by atoms with E-state index in [1.54, 1.807) is 18.2 Å². The molecule has 146 valence electrons. The van der Waals surface area contributed by atoms with E-state index < -0.39 is 23.7 Å². The molecule has 0 radical (unpaired) electrons. The molecule has 2 N–H and O–H groups in total. The van der Waals surface area contributed by atoms with Crippen molar-refractivity contribution in [3.05, 3.63) is 59.9 Å². The SMILES string of the molecule is O=C(COC(=O)C[C@H]1Sc2ccccc2NC1=O)NCCc1ccc(F)cc1. The van der Waals surface area contributed by atoms with Crippen LogP contribution in [0.3, 0.4) is 0 Å². The zero-order valence-electron chi connectivity index (χ0n) is 14.9. The second-order valence-corrected chi connectivity index (χ2v) is 7.43. The Kier molecular flexibility index (Phi) is 6.65. The number of carbonyl (C=O) groups is 3. The summed E-state index contributed by atoms with van der Waals surface area (Å²) in [6.07, 6.45) is 0.423. The van der Waals surface area contributed by atoms with Gasteiger partial charge < -0.3 is 15.4 Å². The maximum absolute atomic E-state index is 12.8. The molecule has 0 aromatic heterocycles. The number of halogens is 1. The Labute approximate surface area is 165 Å². The number of fused-ring (bicyclic) bond motifs is 1. The first-order valence-corrected chi connectivity index (χ1v) is 9.62. The van der Waals surface area contributed by atoms with E-state index in [2.05, 4.69) is 10.6 Å². The molecule has 3 rings (SSSR count). The van der Waals surface area contributed by atoms with Gasteiger partial charge in [-0.1, -0.05) is 24.3 Å². The summed E-state index contributed by atoms with van der Waals surface area (Å²) < 4.78 is 17.8. The minimum absolute atomic E-state index is 0.117. The highest BCUT2D eigenvalue weighted by atomic mass is 32.2. The second-order valence-electron chi connectivity index (χ2n) is 6.18. The van der Waals surface area contributed by atoms with E-state index in [0.717, 1.165) is 16.1 Å². The number of para-hydroxylation sites is 1. The van der Waals surface area contributed by atoms with Crippen molar-refractivity contribution in [1.29, 1.82) is 0 Å². The number of benzene rings is 2. The summed E-state index contributed by atoms with van der Waals surface area (Å²) in [5.74, 6) is -1.61. The molecule has 2 aromatic rings. The summed E-state index contributed by atoms with van der Waals surface area (Å²) in [6, 6.07) is 13.3. The first kappa shape index (κ1) is 19.9. The lowest BCUT2D eigenvalue weighted by Crippen LogP contribution is -2.33. The minimum atomic E-state index is -0.610. The molecule has 0 aliphatic carbocycles. The molecule has 0 saturated carbocycles. The lowest BCUT2D eigenvalue weighted by atomic mass is 10.1. The number of thioether (sulfide) groups is 1. The van der Waals surface area contributed by atoms with Crippen molar-refractivity contribution in [3.8, 4) is 0 Å². The highest BCUT2D eigenvalue weighted by Gasteiger charge is 2.29. The fourth-order valence-corrected chi connectivity index (χ4v) is 3.73. The topological polar surface area (TPSA) is 84.5 Å². The second kappa shape index (κ2) is 9.36. The summed E-state index contributed by atoms with van der Waals surface area (Å²) in [6.45, 7) is -0.0580. The van der Waals surface area contributed by atoms with Crippen LogP contribution in [0.5, 0.6) is 0 Å². The molecule has 1 aliphatic heterocycles. The van der Waals surface area contributed by atoms with Gasteiger partial charge in [0.1, 0.15) is 5.82 Å².